The van der Waals surface area contributed by atoms with Crippen LogP contribution in [0.25, 0.3) is 0 Å². The summed E-state index contributed by atoms with van der Waals surface area (Å²) in [6.45, 7) is 8.88. The van der Waals surface area contributed by atoms with Gasteiger partial charge in [-0.3, -0.25) is 0 Å². The zero-order valence-electron chi connectivity index (χ0n) is 12.4. The van der Waals surface area contributed by atoms with E-state index in [-0.39, 0.29) is 12.6 Å². The molecule has 18 heavy (non-hydrogen) atoms. The molecule has 0 fully saturated rings. The Hall–Kier alpha value is -0.650. The molecular formula is C13H28N2O3. The van der Waals surface area contributed by atoms with Gasteiger partial charge in [0.15, 0.2) is 0 Å². The Balaban J connectivity index is 3.64. The molecular weight excluding hydrogens is 232 g/mol. The second-order valence-corrected chi connectivity index (χ2v) is 4.92. The molecule has 0 aliphatic rings. The van der Waals surface area contributed by atoms with Crippen LogP contribution in [0.1, 0.15) is 20.8 Å². The van der Waals surface area contributed by atoms with Gasteiger partial charge in [0.2, 0.25) is 0 Å². The molecule has 1 N–H and O–H groups in total. The number of rotatable bonds is 10. The molecule has 0 aliphatic carbocycles. The second-order valence-electron chi connectivity index (χ2n) is 4.92. The van der Waals surface area contributed by atoms with Crippen LogP contribution in [0.2, 0.25) is 0 Å². The lowest BCUT2D eigenvalue weighted by atomic mass is 10.0. The maximum absolute atomic E-state index is 11.0. The van der Waals surface area contributed by atoms with E-state index >= 15 is 0 Å². The van der Waals surface area contributed by atoms with Gasteiger partial charge in [0.05, 0.1) is 13.2 Å². The maximum Gasteiger partial charge on any atom is 0.332 e. The number of nitrogens with one attached hydrogen (secondary N) is 1. The first-order valence-corrected chi connectivity index (χ1v) is 6.58. The van der Waals surface area contributed by atoms with Crippen LogP contribution in [0.15, 0.2) is 0 Å². The van der Waals surface area contributed by atoms with Gasteiger partial charge < -0.3 is 19.7 Å². The van der Waals surface area contributed by atoms with E-state index in [1.54, 1.807) is 6.92 Å². The summed E-state index contributed by atoms with van der Waals surface area (Å²) >= 11 is 0. The van der Waals surface area contributed by atoms with Gasteiger partial charge in [-0.05, 0) is 26.9 Å². The minimum Gasteiger partial charge on any atom is -0.464 e. The van der Waals surface area contributed by atoms with Crippen molar-refractivity contribution in [1.82, 2.24) is 10.2 Å². The van der Waals surface area contributed by atoms with Crippen LogP contribution in [0, 0.1) is 5.92 Å². The van der Waals surface area contributed by atoms with Crippen molar-refractivity contribution in [3.63, 3.8) is 0 Å². The van der Waals surface area contributed by atoms with Gasteiger partial charge in [-0.2, -0.15) is 0 Å². The summed E-state index contributed by atoms with van der Waals surface area (Å²) in [6.07, 6.45) is 0. The number of likely N-dealkylation sites (N-methyl/N-ethyl adjacent to an activating group) is 1. The van der Waals surface area contributed by atoms with Crippen LogP contribution in [-0.4, -0.2) is 63.9 Å². The first kappa shape index (κ1) is 17.4. The lowest BCUT2D eigenvalue weighted by molar-refractivity contribution is -0.148. The van der Waals surface area contributed by atoms with E-state index in [2.05, 4.69) is 38.2 Å². The summed E-state index contributed by atoms with van der Waals surface area (Å²) in [5.74, 6) is 0.267. The standard InChI is InChI=1S/C13H28N2O3/c1-6-18-13(16)10-17-8-7-14-12(11(2)3)9-15(4)5/h11-12,14H,6-10H2,1-5H3. The third-order valence-electron chi connectivity index (χ3n) is 2.54. The minimum absolute atomic E-state index is 0.0372. The van der Waals surface area contributed by atoms with E-state index in [0.717, 1.165) is 13.1 Å². The smallest absolute Gasteiger partial charge is 0.332 e. The van der Waals surface area contributed by atoms with Gasteiger partial charge in [-0.15, -0.1) is 0 Å². The second kappa shape index (κ2) is 10.3. The van der Waals surface area contributed by atoms with E-state index in [1.165, 1.54) is 0 Å². The average Bonchev–Trinajstić information content (AvgIpc) is 2.26. The Morgan fingerprint density at radius 2 is 2.00 bits per heavy atom. The summed E-state index contributed by atoms with van der Waals surface area (Å²) in [4.78, 5) is 13.2. The number of hydrogen-bond acceptors (Lipinski definition) is 5. The molecule has 5 heteroatoms. The molecule has 0 rings (SSSR count). The van der Waals surface area contributed by atoms with Crippen LogP contribution in [-0.2, 0) is 14.3 Å². The highest BCUT2D eigenvalue weighted by molar-refractivity contribution is 5.70. The largest absolute Gasteiger partial charge is 0.464 e. The molecule has 1 unspecified atom stereocenters. The number of carbonyl (C=O) groups is 1. The topological polar surface area (TPSA) is 50.8 Å². The van der Waals surface area contributed by atoms with Crippen molar-refractivity contribution < 1.29 is 14.3 Å². The maximum atomic E-state index is 11.0. The van der Waals surface area contributed by atoms with Crippen LogP contribution in [0.4, 0.5) is 0 Å². The van der Waals surface area contributed by atoms with Crippen molar-refractivity contribution in [3.05, 3.63) is 0 Å². The van der Waals surface area contributed by atoms with E-state index in [4.69, 9.17) is 9.47 Å². The van der Waals surface area contributed by atoms with Crippen molar-refractivity contribution in [2.45, 2.75) is 26.8 Å². The molecule has 0 saturated heterocycles. The summed E-state index contributed by atoms with van der Waals surface area (Å²) in [6, 6.07) is 0.436. The van der Waals surface area contributed by atoms with Crippen LogP contribution in [0.5, 0.6) is 0 Å². The van der Waals surface area contributed by atoms with E-state index in [1.807, 2.05) is 0 Å². The molecule has 0 aromatic carbocycles. The Morgan fingerprint density at radius 3 is 2.50 bits per heavy atom. The lowest BCUT2D eigenvalue weighted by Gasteiger charge is -2.25. The van der Waals surface area contributed by atoms with Gasteiger partial charge in [-0.25, -0.2) is 4.79 Å². The van der Waals surface area contributed by atoms with Gasteiger partial charge in [-0.1, -0.05) is 13.8 Å². The van der Waals surface area contributed by atoms with Crippen molar-refractivity contribution in [1.29, 1.82) is 0 Å². The fraction of sp³-hybridized carbons (Fsp3) is 0.923. The third kappa shape index (κ3) is 9.39. The number of carbonyl (C=O) groups excluding carboxylic acids is 1. The SMILES string of the molecule is CCOC(=O)COCCNC(CN(C)C)C(C)C. The molecule has 0 amide bonds. The Kier molecular flexibility index (Phi) is 9.92. The number of esters is 1. The average molecular weight is 260 g/mol. The van der Waals surface area contributed by atoms with Gasteiger partial charge >= 0.3 is 5.97 Å². The first-order valence-electron chi connectivity index (χ1n) is 6.58. The predicted octanol–water partition coefficient (Wildman–Crippen LogP) is 0.742. The van der Waals surface area contributed by atoms with Gasteiger partial charge in [0, 0.05) is 19.1 Å². The predicted molar refractivity (Wildman–Crippen MR) is 72.6 cm³/mol. The molecule has 0 aromatic rings. The van der Waals surface area contributed by atoms with E-state index < -0.39 is 0 Å². The summed E-state index contributed by atoms with van der Waals surface area (Å²) in [5.41, 5.74) is 0. The third-order valence-corrected chi connectivity index (χ3v) is 2.54. The quantitative estimate of drug-likeness (QED) is 0.464. The van der Waals surface area contributed by atoms with Crippen molar-refractivity contribution >= 4 is 5.97 Å². The summed E-state index contributed by atoms with van der Waals surface area (Å²) in [7, 11) is 4.13. The zero-order valence-corrected chi connectivity index (χ0v) is 12.4. The van der Waals surface area contributed by atoms with Crippen LogP contribution in [0.3, 0.4) is 0 Å². The van der Waals surface area contributed by atoms with Crippen LogP contribution >= 0.6 is 0 Å². The highest BCUT2D eigenvalue weighted by Gasteiger charge is 2.13. The lowest BCUT2D eigenvalue weighted by Crippen LogP contribution is -2.43. The normalized spacial score (nSPS) is 13.1. The van der Waals surface area contributed by atoms with Crippen molar-refractivity contribution in [2.75, 3.05) is 47.0 Å². The van der Waals surface area contributed by atoms with E-state index in [9.17, 15) is 4.79 Å². The molecule has 0 spiro atoms. The molecule has 0 heterocycles. The van der Waals surface area contributed by atoms with Crippen molar-refractivity contribution in [3.8, 4) is 0 Å². The number of ether oxygens (including phenoxy) is 2. The van der Waals surface area contributed by atoms with Crippen LogP contribution < -0.4 is 5.32 Å². The Labute approximate surface area is 111 Å². The molecule has 0 aliphatic heterocycles. The summed E-state index contributed by atoms with van der Waals surface area (Å²) in [5, 5.41) is 3.44. The van der Waals surface area contributed by atoms with Gasteiger partial charge in [0.25, 0.3) is 0 Å². The number of hydrogen-bond donors (Lipinski definition) is 1. The Morgan fingerprint density at radius 1 is 1.33 bits per heavy atom. The highest BCUT2D eigenvalue weighted by Crippen LogP contribution is 2.02. The summed E-state index contributed by atoms with van der Waals surface area (Å²) < 4.78 is 10.0. The molecule has 0 aromatic heterocycles. The van der Waals surface area contributed by atoms with Gasteiger partial charge in [0.1, 0.15) is 6.61 Å². The fourth-order valence-electron chi connectivity index (χ4n) is 1.58. The molecule has 1 atom stereocenters. The van der Waals surface area contributed by atoms with E-state index in [0.29, 0.717) is 25.2 Å². The van der Waals surface area contributed by atoms with Crippen molar-refractivity contribution in [2.24, 2.45) is 5.92 Å². The molecule has 0 saturated carbocycles. The first-order chi connectivity index (χ1) is 8.47. The highest BCUT2D eigenvalue weighted by atomic mass is 16.6. The number of nitrogens with zero attached hydrogens (tertiary/aromatic N) is 1. The molecule has 0 radical (unpaired) electrons. The molecule has 108 valence electrons. The molecule has 0 bridgehead atoms. The molecule has 5 nitrogen and oxygen atoms in total. The zero-order chi connectivity index (χ0) is 14.0. The fourth-order valence-corrected chi connectivity index (χ4v) is 1.58. The minimum atomic E-state index is -0.300. The Bertz CT molecular complexity index is 220. The monoisotopic (exact) mass is 260 g/mol.